The topological polar surface area (TPSA) is 88.3 Å². The Morgan fingerprint density at radius 3 is 2.84 bits per heavy atom. The van der Waals surface area contributed by atoms with Crippen molar-refractivity contribution >= 4 is 11.9 Å². The van der Waals surface area contributed by atoms with Gasteiger partial charge in [0.2, 0.25) is 5.91 Å². The molecule has 0 bridgehead atoms. The summed E-state index contributed by atoms with van der Waals surface area (Å²) in [6.45, 7) is 1.71. The minimum Gasteiger partial charge on any atom is -0.476 e. The number of nitrogens with zero attached hydrogens (tertiary/aromatic N) is 4. The van der Waals surface area contributed by atoms with Crippen LogP contribution in [0.4, 0.5) is 0 Å². The lowest BCUT2D eigenvalue weighted by Crippen LogP contribution is -2.37. The van der Waals surface area contributed by atoms with Gasteiger partial charge in [0, 0.05) is 49.7 Å². The van der Waals surface area contributed by atoms with Gasteiger partial charge >= 0.3 is 5.97 Å². The summed E-state index contributed by atoms with van der Waals surface area (Å²) in [5.74, 6) is -0.409. The van der Waals surface area contributed by atoms with Gasteiger partial charge in [-0.2, -0.15) is 5.10 Å². The van der Waals surface area contributed by atoms with Gasteiger partial charge in [-0.25, -0.2) is 4.79 Å². The van der Waals surface area contributed by atoms with Gasteiger partial charge in [-0.1, -0.05) is 6.07 Å². The van der Waals surface area contributed by atoms with E-state index >= 15 is 0 Å². The highest BCUT2D eigenvalue weighted by atomic mass is 16.4. The molecule has 7 heteroatoms. The molecule has 1 fully saturated rings. The number of aromatic nitrogens is 3. The molecule has 0 aromatic carbocycles. The molecule has 0 atom stereocenters. The van der Waals surface area contributed by atoms with Gasteiger partial charge in [0.15, 0.2) is 5.69 Å². The summed E-state index contributed by atoms with van der Waals surface area (Å²) in [7, 11) is 0. The van der Waals surface area contributed by atoms with Gasteiger partial charge in [-0.3, -0.25) is 14.5 Å². The van der Waals surface area contributed by atoms with Crippen LogP contribution in [0.3, 0.4) is 0 Å². The van der Waals surface area contributed by atoms with Crippen molar-refractivity contribution in [3.05, 3.63) is 47.0 Å². The van der Waals surface area contributed by atoms with E-state index in [4.69, 9.17) is 0 Å². The Morgan fingerprint density at radius 2 is 2.16 bits per heavy atom. The molecule has 1 saturated carbocycles. The van der Waals surface area contributed by atoms with Crippen LogP contribution in [-0.2, 0) is 30.7 Å². The van der Waals surface area contributed by atoms with Crippen LogP contribution in [0.5, 0.6) is 0 Å². The molecule has 2 aromatic rings. The maximum atomic E-state index is 12.6. The fourth-order valence-corrected chi connectivity index (χ4v) is 3.36. The standard InChI is InChI=1S/C18H20N4O3/c23-16(8-13-2-1-6-19-9-13)21-7-5-15-14(11-21)17(18(24)25)20-22(15)10-12-3-4-12/h1-2,6,9,12H,3-5,7-8,10-11H2,(H,24,25). The third-order valence-corrected chi connectivity index (χ3v) is 4.90. The minimum atomic E-state index is -1.02. The van der Waals surface area contributed by atoms with Crippen molar-refractivity contribution in [2.45, 2.75) is 38.8 Å². The lowest BCUT2D eigenvalue weighted by atomic mass is 10.0. The number of hydrogen-bond donors (Lipinski definition) is 1. The SMILES string of the molecule is O=C(O)c1nn(CC2CC2)c2c1CN(C(=O)Cc1cccnc1)CC2. The average Bonchev–Trinajstić information content (AvgIpc) is 3.35. The second-order valence-electron chi connectivity index (χ2n) is 6.81. The Kier molecular flexibility index (Phi) is 3.99. The van der Waals surface area contributed by atoms with Crippen LogP contribution in [0, 0.1) is 5.92 Å². The second kappa shape index (κ2) is 6.31. The lowest BCUT2D eigenvalue weighted by molar-refractivity contribution is -0.131. The van der Waals surface area contributed by atoms with Gasteiger partial charge in [0.25, 0.3) is 0 Å². The number of pyridine rings is 1. The summed E-state index contributed by atoms with van der Waals surface area (Å²) in [6.07, 6.45) is 6.67. The highest BCUT2D eigenvalue weighted by molar-refractivity contribution is 5.88. The van der Waals surface area contributed by atoms with Crippen LogP contribution in [0.25, 0.3) is 0 Å². The van der Waals surface area contributed by atoms with Gasteiger partial charge < -0.3 is 10.0 Å². The molecule has 1 amide bonds. The lowest BCUT2D eigenvalue weighted by Gasteiger charge is -2.28. The van der Waals surface area contributed by atoms with Crippen molar-refractivity contribution in [2.75, 3.05) is 6.54 Å². The first-order valence-corrected chi connectivity index (χ1v) is 8.60. The molecule has 130 valence electrons. The molecule has 0 spiro atoms. The van der Waals surface area contributed by atoms with Crippen molar-refractivity contribution in [1.29, 1.82) is 0 Å². The van der Waals surface area contributed by atoms with Crippen LogP contribution >= 0.6 is 0 Å². The predicted molar refractivity (Wildman–Crippen MR) is 89.0 cm³/mol. The molecular weight excluding hydrogens is 320 g/mol. The van der Waals surface area contributed by atoms with E-state index < -0.39 is 5.97 Å². The van der Waals surface area contributed by atoms with E-state index in [-0.39, 0.29) is 18.0 Å². The smallest absolute Gasteiger partial charge is 0.356 e. The van der Waals surface area contributed by atoms with Crippen molar-refractivity contribution in [3.63, 3.8) is 0 Å². The van der Waals surface area contributed by atoms with Gasteiger partial charge in [-0.05, 0) is 30.4 Å². The number of hydrogen-bond acceptors (Lipinski definition) is 4. The molecule has 25 heavy (non-hydrogen) atoms. The zero-order chi connectivity index (χ0) is 17.4. The molecule has 4 rings (SSSR count). The predicted octanol–water partition coefficient (Wildman–Crippen LogP) is 1.51. The minimum absolute atomic E-state index is 0.00932. The van der Waals surface area contributed by atoms with Crippen LogP contribution in [0.1, 0.15) is 40.2 Å². The second-order valence-corrected chi connectivity index (χ2v) is 6.81. The van der Waals surface area contributed by atoms with E-state index in [2.05, 4.69) is 10.1 Å². The molecule has 2 aliphatic rings. The number of carboxylic acid groups (broad SMARTS) is 1. The van der Waals surface area contributed by atoms with Crippen LogP contribution in [-0.4, -0.2) is 43.2 Å². The van der Waals surface area contributed by atoms with Gasteiger partial charge in [-0.15, -0.1) is 0 Å². The maximum absolute atomic E-state index is 12.6. The number of carbonyl (C=O) groups is 2. The first-order valence-electron chi connectivity index (χ1n) is 8.60. The third-order valence-electron chi connectivity index (χ3n) is 4.90. The summed E-state index contributed by atoms with van der Waals surface area (Å²) >= 11 is 0. The Bertz CT molecular complexity index is 811. The van der Waals surface area contributed by atoms with Gasteiger partial charge in [0.05, 0.1) is 6.42 Å². The molecule has 0 radical (unpaired) electrons. The van der Waals surface area contributed by atoms with E-state index in [1.165, 1.54) is 12.8 Å². The summed E-state index contributed by atoms with van der Waals surface area (Å²) in [5.41, 5.74) is 2.63. The molecule has 7 nitrogen and oxygen atoms in total. The third kappa shape index (κ3) is 3.26. The Labute approximate surface area is 145 Å². The summed E-state index contributed by atoms with van der Waals surface area (Å²) in [6, 6.07) is 3.68. The monoisotopic (exact) mass is 340 g/mol. The van der Waals surface area contributed by atoms with Crippen molar-refractivity contribution in [2.24, 2.45) is 5.92 Å². The molecule has 0 saturated heterocycles. The fraction of sp³-hybridized carbons (Fsp3) is 0.444. The van der Waals surface area contributed by atoms with E-state index in [9.17, 15) is 14.7 Å². The summed E-state index contributed by atoms with van der Waals surface area (Å²) in [5, 5.41) is 13.8. The molecule has 1 N–H and O–H groups in total. The Balaban J connectivity index is 1.54. The fourth-order valence-electron chi connectivity index (χ4n) is 3.36. The van der Waals surface area contributed by atoms with Crippen LogP contribution in [0.15, 0.2) is 24.5 Å². The summed E-state index contributed by atoms with van der Waals surface area (Å²) < 4.78 is 1.86. The molecule has 3 heterocycles. The van der Waals surface area contributed by atoms with E-state index in [1.54, 1.807) is 23.4 Å². The maximum Gasteiger partial charge on any atom is 0.356 e. The van der Waals surface area contributed by atoms with E-state index in [0.29, 0.717) is 31.0 Å². The van der Waals surface area contributed by atoms with Gasteiger partial charge in [0.1, 0.15) is 0 Å². The zero-order valence-corrected chi connectivity index (χ0v) is 13.9. The number of carbonyl (C=O) groups excluding carboxylic acids is 1. The molecule has 0 unspecified atom stereocenters. The number of carboxylic acids is 1. The van der Waals surface area contributed by atoms with Crippen molar-refractivity contribution < 1.29 is 14.7 Å². The average molecular weight is 340 g/mol. The first-order chi connectivity index (χ1) is 12.1. The Morgan fingerprint density at radius 1 is 1.32 bits per heavy atom. The highest BCUT2D eigenvalue weighted by Gasteiger charge is 2.32. The number of amides is 1. The molecular formula is C18H20N4O3. The summed E-state index contributed by atoms with van der Waals surface area (Å²) in [4.78, 5) is 29.9. The molecule has 1 aliphatic heterocycles. The van der Waals surface area contributed by atoms with Crippen molar-refractivity contribution in [1.82, 2.24) is 19.7 Å². The van der Waals surface area contributed by atoms with Crippen molar-refractivity contribution in [3.8, 4) is 0 Å². The first kappa shape index (κ1) is 15.8. The van der Waals surface area contributed by atoms with E-state index in [0.717, 1.165) is 17.8 Å². The highest BCUT2D eigenvalue weighted by Crippen LogP contribution is 2.32. The largest absolute Gasteiger partial charge is 0.476 e. The number of rotatable bonds is 5. The van der Waals surface area contributed by atoms with Crippen LogP contribution in [0.2, 0.25) is 0 Å². The normalized spacial score (nSPS) is 16.6. The quantitative estimate of drug-likeness (QED) is 0.891. The zero-order valence-electron chi connectivity index (χ0n) is 13.9. The van der Waals surface area contributed by atoms with E-state index in [1.807, 2.05) is 10.7 Å². The van der Waals surface area contributed by atoms with Crippen LogP contribution < -0.4 is 0 Å². The number of aromatic carboxylic acids is 1. The molecule has 1 aliphatic carbocycles. The Hall–Kier alpha value is -2.70. The number of fused-ring (bicyclic) bond motifs is 1. The molecule has 2 aromatic heterocycles.